The van der Waals surface area contributed by atoms with Crippen molar-refractivity contribution in [2.45, 2.75) is 20.2 Å². The van der Waals surface area contributed by atoms with Crippen LogP contribution in [-0.2, 0) is 0 Å². The van der Waals surface area contributed by atoms with Crippen LogP contribution in [0.3, 0.4) is 0 Å². The molecule has 0 aromatic heterocycles. The zero-order valence-corrected chi connectivity index (χ0v) is 8.14. The Morgan fingerprint density at radius 2 is 2.08 bits per heavy atom. The standard InChI is InChI=1S/C11H17B/c1-5-8-9-10(4)11(6-2)12-7-3/h5-6,8-9,12H,1-2,7H2,3-4H3/b9-8-,11-10+. The SMILES string of the molecule is C=C/C=C\C(C)=C(\BCC)C=C. The lowest BCUT2D eigenvalue weighted by molar-refractivity contribution is 1.42. The second-order valence-electron chi connectivity index (χ2n) is 2.76. The lowest BCUT2D eigenvalue weighted by Crippen LogP contribution is -1.93. The molecule has 0 aliphatic rings. The van der Waals surface area contributed by atoms with Crippen LogP contribution in [0.25, 0.3) is 0 Å². The van der Waals surface area contributed by atoms with Crippen molar-refractivity contribution in [1.29, 1.82) is 0 Å². The molecule has 0 heterocycles. The Hall–Kier alpha value is -0.975. The Morgan fingerprint density at radius 3 is 2.50 bits per heavy atom. The van der Waals surface area contributed by atoms with Gasteiger partial charge in [0.25, 0.3) is 0 Å². The highest BCUT2D eigenvalue weighted by molar-refractivity contribution is 6.46. The van der Waals surface area contributed by atoms with E-state index in [4.69, 9.17) is 0 Å². The highest BCUT2D eigenvalue weighted by Crippen LogP contribution is 2.06. The minimum absolute atomic E-state index is 1.11. The third-order valence-corrected chi connectivity index (χ3v) is 1.75. The number of allylic oxidation sites excluding steroid dienone is 6. The largest absolute Gasteiger partial charge is 0.157 e. The smallest absolute Gasteiger partial charge is 0.0996 e. The lowest BCUT2D eigenvalue weighted by Gasteiger charge is -2.00. The Balaban J connectivity index is 4.46. The van der Waals surface area contributed by atoms with Crippen molar-refractivity contribution in [2.24, 2.45) is 0 Å². The van der Waals surface area contributed by atoms with E-state index in [0.717, 1.165) is 7.28 Å². The predicted molar refractivity (Wildman–Crippen MR) is 59.9 cm³/mol. The molecule has 64 valence electrons. The van der Waals surface area contributed by atoms with Gasteiger partial charge in [-0.2, -0.15) is 0 Å². The molecule has 0 atom stereocenters. The van der Waals surface area contributed by atoms with Gasteiger partial charge in [0, 0.05) is 0 Å². The quantitative estimate of drug-likeness (QED) is 0.428. The van der Waals surface area contributed by atoms with E-state index < -0.39 is 0 Å². The molecule has 0 saturated heterocycles. The van der Waals surface area contributed by atoms with Gasteiger partial charge in [-0.15, -0.1) is 0 Å². The van der Waals surface area contributed by atoms with Gasteiger partial charge in [0.2, 0.25) is 0 Å². The molecule has 1 heteroatoms. The normalized spacial score (nSPS) is 12.5. The predicted octanol–water partition coefficient (Wildman–Crippen LogP) is 3.06. The summed E-state index contributed by atoms with van der Waals surface area (Å²) in [6, 6.07) is 0. The molecule has 0 spiro atoms. The summed E-state index contributed by atoms with van der Waals surface area (Å²) in [5.41, 5.74) is 2.61. The Bertz CT molecular complexity index is 209. The summed E-state index contributed by atoms with van der Waals surface area (Å²) in [5, 5.41) is 0. The van der Waals surface area contributed by atoms with Gasteiger partial charge in [-0.3, -0.25) is 0 Å². The minimum Gasteiger partial charge on any atom is -0.0996 e. The van der Waals surface area contributed by atoms with Crippen LogP contribution in [0.2, 0.25) is 6.32 Å². The first-order chi connectivity index (χ1) is 5.76. The average Bonchev–Trinajstić information content (AvgIpc) is 2.10. The highest BCUT2D eigenvalue weighted by Gasteiger charge is 1.94. The van der Waals surface area contributed by atoms with Crippen LogP contribution in [0.4, 0.5) is 0 Å². The fourth-order valence-corrected chi connectivity index (χ4v) is 1.05. The van der Waals surface area contributed by atoms with Crippen LogP contribution < -0.4 is 0 Å². The van der Waals surface area contributed by atoms with Crippen molar-refractivity contribution in [3.8, 4) is 0 Å². The van der Waals surface area contributed by atoms with E-state index in [1.807, 2.05) is 12.2 Å². The van der Waals surface area contributed by atoms with Crippen LogP contribution in [0.5, 0.6) is 0 Å². The van der Waals surface area contributed by atoms with Crippen LogP contribution in [0, 0.1) is 0 Å². The molecule has 0 aromatic rings. The topological polar surface area (TPSA) is 0 Å². The second kappa shape index (κ2) is 6.72. The van der Waals surface area contributed by atoms with Crippen LogP contribution in [-0.4, -0.2) is 7.28 Å². The molecule has 0 amide bonds. The van der Waals surface area contributed by atoms with Gasteiger partial charge >= 0.3 is 0 Å². The van der Waals surface area contributed by atoms with E-state index in [9.17, 15) is 0 Å². The molecule has 0 aliphatic carbocycles. The third-order valence-electron chi connectivity index (χ3n) is 1.75. The first-order valence-electron chi connectivity index (χ1n) is 4.37. The zero-order chi connectivity index (χ0) is 9.40. The highest BCUT2D eigenvalue weighted by atomic mass is 13.9. The molecule has 0 nitrogen and oxygen atoms in total. The Labute approximate surface area is 76.6 Å². The van der Waals surface area contributed by atoms with Gasteiger partial charge in [0.05, 0.1) is 0 Å². The minimum atomic E-state index is 1.11. The maximum atomic E-state index is 3.79. The first kappa shape index (κ1) is 11.0. The van der Waals surface area contributed by atoms with Gasteiger partial charge in [-0.25, -0.2) is 0 Å². The van der Waals surface area contributed by atoms with Crippen LogP contribution >= 0.6 is 0 Å². The fourth-order valence-electron chi connectivity index (χ4n) is 1.05. The molecular formula is C11H17B. The zero-order valence-electron chi connectivity index (χ0n) is 8.14. The Morgan fingerprint density at radius 1 is 1.42 bits per heavy atom. The van der Waals surface area contributed by atoms with Crippen molar-refractivity contribution < 1.29 is 0 Å². The van der Waals surface area contributed by atoms with E-state index in [2.05, 4.69) is 33.1 Å². The average molecular weight is 160 g/mol. The molecule has 0 N–H and O–H groups in total. The number of hydrogen-bond donors (Lipinski definition) is 0. The van der Waals surface area contributed by atoms with Gasteiger partial charge in [0.15, 0.2) is 7.28 Å². The van der Waals surface area contributed by atoms with Crippen molar-refractivity contribution in [3.63, 3.8) is 0 Å². The maximum absolute atomic E-state index is 3.79. The second-order valence-corrected chi connectivity index (χ2v) is 2.76. The summed E-state index contributed by atoms with van der Waals surface area (Å²) < 4.78 is 0. The molecule has 0 aromatic carbocycles. The maximum Gasteiger partial charge on any atom is 0.157 e. The monoisotopic (exact) mass is 160 g/mol. The molecular weight excluding hydrogens is 143 g/mol. The molecule has 0 radical (unpaired) electrons. The number of hydrogen-bond acceptors (Lipinski definition) is 0. The van der Waals surface area contributed by atoms with E-state index in [1.54, 1.807) is 6.08 Å². The fraction of sp³-hybridized carbons (Fsp3) is 0.273. The van der Waals surface area contributed by atoms with Crippen LogP contribution in [0.15, 0.2) is 48.5 Å². The summed E-state index contributed by atoms with van der Waals surface area (Å²) in [6.07, 6.45) is 8.91. The summed E-state index contributed by atoms with van der Waals surface area (Å²) >= 11 is 0. The molecule has 0 saturated carbocycles. The molecule has 0 aliphatic heterocycles. The van der Waals surface area contributed by atoms with E-state index in [0.29, 0.717) is 0 Å². The lowest BCUT2D eigenvalue weighted by atomic mass is 9.65. The molecule has 0 fully saturated rings. The van der Waals surface area contributed by atoms with Crippen molar-refractivity contribution in [3.05, 3.63) is 48.5 Å². The number of rotatable bonds is 5. The third kappa shape index (κ3) is 4.02. The van der Waals surface area contributed by atoms with Gasteiger partial charge < -0.3 is 0 Å². The molecule has 12 heavy (non-hydrogen) atoms. The van der Waals surface area contributed by atoms with Gasteiger partial charge in [0.1, 0.15) is 0 Å². The first-order valence-corrected chi connectivity index (χ1v) is 4.37. The van der Waals surface area contributed by atoms with Crippen molar-refractivity contribution in [1.82, 2.24) is 0 Å². The molecule has 0 unspecified atom stereocenters. The summed E-state index contributed by atoms with van der Waals surface area (Å²) in [4.78, 5) is 0. The summed E-state index contributed by atoms with van der Waals surface area (Å²) in [5.74, 6) is 0. The molecule has 0 bridgehead atoms. The van der Waals surface area contributed by atoms with E-state index in [-0.39, 0.29) is 0 Å². The van der Waals surface area contributed by atoms with E-state index in [1.165, 1.54) is 17.4 Å². The van der Waals surface area contributed by atoms with E-state index >= 15 is 0 Å². The van der Waals surface area contributed by atoms with Gasteiger partial charge in [-0.1, -0.05) is 61.8 Å². The van der Waals surface area contributed by atoms with Gasteiger partial charge in [-0.05, 0) is 6.92 Å². The Kier molecular flexibility index (Phi) is 6.17. The summed E-state index contributed by atoms with van der Waals surface area (Å²) in [7, 11) is 1.11. The van der Waals surface area contributed by atoms with Crippen molar-refractivity contribution >= 4 is 7.28 Å². The van der Waals surface area contributed by atoms with Crippen molar-refractivity contribution in [2.75, 3.05) is 0 Å². The van der Waals surface area contributed by atoms with Crippen LogP contribution in [0.1, 0.15) is 13.8 Å². The molecule has 0 rings (SSSR count). The summed E-state index contributed by atoms with van der Waals surface area (Å²) in [6.45, 7) is 11.7.